The summed E-state index contributed by atoms with van der Waals surface area (Å²) in [6.07, 6.45) is 3.89. The van der Waals surface area contributed by atoms with Crippen molar-refractivity contribution >= 4 is 15.9 Å². The van der Waals surface area contributed by atoms with Crippen LogP contribution >= 0.6 is 0 Å². The predicted octanol–water partition coefficient (Wildman–Crippen LogP) is 2.36. The third-order valence-corrected chi connectivity index (χ3v) is 8.28. The summed E-state index contributed by atoms with van der Waals surface area (Å²) in [5.41, 5.74) is 1.15. The second-order valence-electron chi connectivity index (χ2n) is 9.21. The molecule has 9 nitrogen and oxygen atoms in total. The predicted molar refractivity (Wildman–Crippen MR) is 129 cm³/mol. The molecule has 35 heavy (non-hydrogen) atoms. The SMILES string of the molecule is O=C(COc1ccc(S(=O)(=O)NC2CCCC2)cc1)N1CCN(Cc2ccc3c(c2)OCO3)CC1. The number of sulfonamides is 1. The van der Waals surface area contributed by atoms with Crippen molar-refractivity contribution in [1.82, 2.24) is 14.5 Å². The fourth-order valence-electron chi connectivity index (χ4n) is 4.74. The third kappa shape index (κ3) is 5.88. The highest BCUT2D eigenvalue weighted by atomic mass is 32.2. The zero-order valence-electron chi connectivity index (χ0n) is 19.6. The number of ether oxygens (including phenoxy) is 3. The van der Waals surface area contributed by atoms with E-state index < -0.39 is 10.0 Å². The van der Waals surface area contributed by atoms with Crippen molar-refractivity contribution in [3.8, 4) is 17.2 Å². The summed E-state index contributed by atoms with van der Waals surface area (Å²) in [6, 6.07) is 12.2. The standard InChI is InChI=1S/C25H31N3O6S/c29-25(17-32-21-6-8-22(9-7-21)35(30,31)26-20-3-1-2-4-20)28-13-11-27(12-14-28)16-19-5-10-23-24(15-19)34-18-33-23/h5-10,15,20,26H,1-4,11-14,16-18H2. The van der Waals surface area contributed by atoms with E-state index in [1.807, 2.05) is 18.2 Å². The van der Waals surface area contributed by atoms with Crippen LogP contribution in [0.25, 0.3) is 0 Å². The number of carbonyl (C=O) groups is 1. The molecule has 0 aromatic heterocycles. The molecule has 2 fully saturated rings. The van der Waals surface area contributed by atoms with Crippen LogP contribution in [0.15, 0.2) is 47.4 Å². The molecule has 0 bridgehead atoms. The second kappa shape index (κ2) is 10.4. The van der Waals surface area contributed by atoms with Crippen LogP contribution in [-0.2, 0) is 21.4 Å². The van der Waals surface area contributed by atoms with Gasteiger partial charge in [0.2, 0.25) is 16.8 Å². The first-order valence-electron chi connectivity index (χ1n) is 12.1. The zero-order valence-corrected chi connectivity index (χ0v) is 20.5. The molecule has 1 saturated heterocycles. The van der Waals surface area contributed by atoms with Crippen molar-refractivity contribution in [3.63, 3.8) is 0 Å². The minimum Gasteiger partial charge on any atom is -0.484 e. The van der Waals surface area contributed by atoms with E-state index in [-0.39, 0.29) is 30.2 Å². The Morgan fingerprint density at radius 1 is 0.971 bits per heavy atom. The van der Waals surface area contributed by atoms with Crippen molar-refractivity contribution in [2.45, 2.75) is 43.2 Å². The van der Waals surface area contributed by atoms with E-state index >= 15 is 0 Å². The second-order valence-corrected chi connectivity index (χ2v) is 10.9. The lowest BCUT2D eigenvalue weighted by Crippen LogP contribution is -2.49. The molecule has 1 N–H and O–H groups in total. The van der Waals surface area contributed by atoms with Crippen LogP contribution in [0.3, 0.4) is 0 Å². The van der Waals surface area contributed by atoms with Gasteiger partial charge in [0.05, 0.1) is 4.90 Å². The number of amides is 1. The summed E-state index contributed by atoms with van der Waals surface area (Å²) in [5, 5.41) is 0. The maximum absolute atomic E-state index is 12.6. The van der Waals surface area contributed by atoms with Gasteiger partial charge >= 0.3 is 0 Å². The van der Waals surface area contributed by atoms with Gasteiger partial charge < -0.3 is 19.1 Å². The summed E-state index contributed by atoms with van der Waals surface area (Å²) in [4.78, 5) is 17.0. The van der Waals surface area contributed by atoms with Crippen molar-refractivity contribution in [3.05, 3.63) is 48.0 Å². The van der Waals surface area contributed by atoms with Gasteiger partial charge in [-0.2, -0.15) is 0 Å². The number of hydrogen-bond donors (Lipinski definition) is 1. The first kappa shape index (κ1) is 23.9. The molecule has 0 unspecified atom stereocenters. The summed E-state index contributed by atoms with van der Waals surface area (Å²) in [5.74, 6) is 1.96. The molecule has 2 aromatic carbocycles. The van der Waals surface area contributed by atoms with Crippen LogP contribution in [0.5, 0.6) is 17.2 Å². The van der Waals surface area contributed by atoms with E-state index in [0.717, 1.165) is 62.4 Å². The van der Waals surface area contributed by atoms with E-state index in [9.17, 15) is 13.2 Å². The number of rotatable bonds is 8. The molecular weight excluding hydrogens is 470 g/mol. The van der Waals surface area contributed by atoms with Gasteiger partial charge in [0.25, 0.3) is 5.91 Å². The molecule has 10 heteroatoms. The fraction of sp³-hybridized carbons (Fsp3) is 0.480. The normalized spacial score (nSPS) is 18.7. The summed E-state index contributed by atoms with van der Waals surface area (Å²) in [7, 11) is -3.54. The lowest BCUT2D eigenvalue weighted by atomic mass is 10.1. The maximum Gasteiger partial charge on any atom is 0.260 e. The first-order chi connectivity index (χ1) is 17.0. The third-order valence-electron chi connectivity index (χ3n) is 6.74. The smallest absolute Gasteiger partial charge is 0.260 e. The largest absolute Gasteiger partial charge is 0.484 e. The van der Waals surface area contributed by atoms with Gasteiger partial charge in [0.1, 0.15) is 5.75 Å². The molecule has 1 saturated carbocycles. The van der Waals surface area contributed by atoms with Crippen LogP contribution in [0, 0.1) is 0 Å². The van der Waals surface area contributed by atoms with Crippen LogP contribution < -0.4 is 18.9 Å². The Labute approximate surface area is 206 Å². The Balaban J connectivity index is 1.06. The lowest BCUT2D eigenvalue weighted by molar-refractivity contribution is -0.135. The zero-order chi connectivity index (χ0) is 24.3. The van der Waals surface area contributed by atoms with Gasteiger partial charge in [0.15, 0.2) is 18.1 Å². The number of benzene rings is 2. The molecule has 3 aliphatic rings. The number of carbonyl (C=O) groups excluding carboxylic acids is 1. The molecule has 1 aliphatic carbocycles. The Kier molecular flexibility index (Phi) is 7.12. The number of nitrogens with one attached hydrogen (secondary N) is 1. The topological polar surface area (TPSA) is 97.4 Å². The Hall–Kier alpha value is -2.82. The highest BCUT2D eigenvalue weighted by Gasteiger charge is 2.24. The van der Waals surface area contributed by atoms with Gasteiger partial charge in [-0.3, -0.25) is 9.69 Å². The molecule has 0 atom stereocenters. The van der Waals surface area contributed by atoms with E-state index in [1.54, 1.807) is 17.0 Å². The summed E-state index contributed by atoms with van der Waals surface area (Å²) >= 11 is 0. The van der Waals surface area contributed by atoms with E-state index in [0.29, 0.717) is 18.8 Å². The minimum atomic E-state index is -3.54. The van der Waals surface area contributed by atoms with Crippen LogP contribution in [0.4, 0.5) is 0 Å². The number of piperazine rings is 1. The van der Waals surface area contributed by atoms with Crippen molar-refractivity contribution in [1.29, 1.82) is 0 Å². The average Bonchev–Trinajstić information content (AvgIpc) is 3.55. The Morgan fingerprint density at radius 2 is 1.69 bits per heavy atom. The molecular formula is C25H31N3O6S. The van der Waals surface area contributed by atoms with Crippen LogP contribution in [0.1, 0.15) is 31.2 Å². The van der Waals surface area contributed by atoms with Crippen molar-refractivity contribution < 1.29 is 27.4 Å². The van der Waals surface area contributed by atoms with Crippen molar-refractivity contribution in [2.75, 3.05) is 39.6 Å². The highest BCUT2D eigenvalue weighted by Crippen LogP contribution is 2.33. The highest BCUT2D eigenvalue weighted by molar-refractivity contribution is 7.89. The molecule has 2 aromatic rings. The first-order valence-corrected chi connectivity index (χ1v) is 13.6. The Bertz CT molecular complexity index is 1140. The summed E-state index contributed by atoms with van der Waals surface area (Å²) in [6.45, 7) is 3.81. The van der Waals surface area contributed by atoms with E-state index in [1.165, 1.54) is 12.1 Å². The van der Waals surface area contributed by atoms with E-state index in [2.05, 4.69) is 9.62 Å². The number of fused-ring (bicyclic) bond motifs is 1. The summed E-state index contributed by atoms with van der Waals surface area (Å²) < 4.78 is 44.3. The number of nitrogens with zero attached hydrogens (tertiary/aromatic N) is 2. The fourth-order valence-corrected chi connectivity index (χ4v) is 6.04. The molecule has 2 heterocycles. The van der Waals surface area contributed by atoms with Crippen molar-refractivity contribution in [2.24, 2.45) is 0 Å². The minimum absolute atomic E-state index is 0.0195. The van der Waals surface area contributed by atoms with Gasteiger partial charge in [-0.15, -0.1) is 0 Å². The molecule has 5 rings (SSSR count). The van der Waals surface area contributed by atoms with Gasteiger partial charge in [0, 0.05) is 38.8 Å². The van der Waals surface area contributed by atoms with Gasteiger partial charge in [-0.05, 0) is 54.8 Å². The lowest BCUT2D eigenvalue weighted by Gasteiger charge is -2.34. The molecule has 0 radical (unpaired) electrons. The van der Waals surface area contributed by atoms with Crippen LogP contribution in [0.2, 0.25) is 0 Å². The van der Waals surface area contributed by atoms with Crippen LogP contribution in [-0.4, -0.2) is 69.7 Å². The quantitative estimate of drug-likeness (QED) is 0.593. The van der Waals surface area contributed by atoms with E-state index in [4.69, 9.17) is 14.2 Å². The van der Waals surface area contributed by atoms with Gasteiger partial charge in [-0.25, -0.2) is 13.1 Å². The molecule has 188 valence electrons. The molecule has 0 spiro atoms. The monoisotopic (exact) mass is 501 g/mol. The molecule has 2 aliphatic heterocycles. The number of hydrogen-bond acceptors (Lipinski definition) is 7. The molecule has 1 amide bonds. The van der Waals surface area contributed by atoms with Gasteiger partial charge in [-0.1, -0.05) is 18.9 Å². The Morgan fingerprint density at radius 3 is 2.43 bits per heavy atom. The average molecular weight is 502 g/mol. The maximum atomic E-state index is 12.6.